The lowest BCUT2D eigenvalue weighted by molar-refractivity contribution is -0.131. The molecular formula is C16H24N4O2. The van der Waals surface area contributed by atoms with Crippen LogP contribution in [0.4, 0.5) is 5.82 Å². The van der Waals surface area contributed by atoms with Crippen LogP contribution in [0.3, 0.4) is 0 Å². The summed E-state index contributed by atoms with van der Waals surface area (Å²) >= 11 is 0. The Labute approximate surface area is 131 Å². The summed E-state index contributed by atoms with van der Waals surface area (Å²) in [7, 11) is 0. The largest absolute Gasteiger partial charge is 0.356 e. The number of carbonyl (C=O) groups is 2. The van der Waals surface area contributed by atoms with Crippen LogP contribution in [0.5, 0.6) is 0 Å². The molecule has 1 aliphatic heterocycles. The minimum Gasteiger partial charge on any atom is -0.356 e. The van der Waals surface area contributed by atoms with Crippen molar-refractivity contribution in [1.29, 1.82) is 0 Å². The molecule has 1 saturated heterocycles. The van der Waals surface area contributed by atoms with Crippen molar-refractivity contribution in [2.24, 2.45) is 0 Å². The van der Waals surface area contributed by atoms with E-state index in [-0.39, 0.29) is 11.8 Å². The number of aromatic nitrogens is 1. The van der Waals surface area contributed by atoms with Crippen LogP contribution in [0.25, 0.3) is 0 Å². The highest BCUT2D eigenvalue weighted by Crippen LogP contribution is 2.12. The van der Waals surface area contributed by atoms with Gasteiger partial charge in [-0.2, -0.15) is 0 Å². The van der Waals surface area contributed by atoms with Gasteiger partial charge in [0.05, 0.1) is 0 Å². The molecule has 0 unspecified atom stereocenters. The Morgan fingerprint density at radius 1 is 1.18 bits per heavy atom. The van der Waals surface area contributed by atoms with Crippen molar-refractivity contribution in [3.63, 3.8) is 0 Å². The predicted molar refractivity (Wildman–Crippen MR) is 85.6 cm³/mol. The van der Waals surface area contributed by atoms with Gasteiger partial charge < -0.3 is 15.1 Å². The van der Waals surface area contributed by atoms with Crippen LogP contribution in [-0.4, -0.2) is 54.4 Å². The van der Waals surface area contributed by atoms with E-state index < -0.39 is 0 Å². The number of hydrogen-bond donors (Lipinski definition) is 1. The fourth-order valence-electron chi connectivity index (χ4n) is 2.51. The van der Waals surface area contributed by atoms with Gasteiger partial charge in [0.15, 0.2) is 0 Å². The molecule has 120 valence electrons. The van der Waals surface area contributed by atoms with Crippen molar-refractivity contribution < 1.29 is 9.59 Å². The molecule has 6 heteroatoms. The summed E-state index contributed by atoms with van der Waals surface area (Å²) in [4.78, 5) is 31.9. The summed E-state index contributed by atoms with van der Waals surface area (Å²) in [6.45, 7) is 5.40. The first kappa shape index (κ1) is 16.3. The molecule has 1 aromatic heterocycles. The van der Waals surface area contributed by atoms with Crippen molar-refractivity contribution in [2.75, 3.05) is 37.6 Å². The van der Waals surface area contributed by atoms with E-state index >= 15 is 0 Å². The molecule has 0 aliphatic carbocycles. The highest BCUT2D eigenvalue weighted by molar-refractivity contribution is 5.79. The average Bonchev–Trinajstić information content (AvgIpc) is 2.56. The first-order valence-electron chi connectivity index (χ1n) is 7.91. The zero-order chi connectivity index (χ0) is 15.8. The minimum absolute atomic E-state index is 0.0234. The first-order valence-corrected chi connectivity index (χ1v) is 7.91. The number of nitrogens with zero attached hydrogens (tertiary/aromatic N) is 3. The SMILES string of the molecule is CCCC(=O)NCCC(=O)N1CCN(c2ccccn2)CC1. The Kier molecular flexibility index (Phi) is 6.18. The van der Waals surface area contributed by atoms with Crippen LogP contribution in [0, 0.1) is 0 Å². The zero-order valence-corrected chi connectivity index (χ0v) is 13.1. The quantitative estimate of drug-likeness (QED) is 0.853. The maximum absolute atomic E-state index is 12.1. The lowest BCUT2D eigenvalue weighted by Gasteiger charge is -2.35. The van der Waals surface area contributed by atoms with E-state index in [4.69, 9.17) is 0 Å². The summed E-state index contributed by atoms with van der Waals surface area (Å²) in [6.07, 6.45) is 3.51. The smallest absolute Gasteiger partial charge is 0.224 e. The number of nitrogens with one attached hydrogen (secondary N) is 1. The van der Waals surface area contributed by atoms with Crippen molar-refractivity contribution in [3.8, 4) is 0 Å². The molecule has 0 atom stereocenters. The maximum atomic E-state index is 12.1. The number of piperazine rings is 1. The van der Waals surface area contributed by atoms with Gasteiger partial charge in [0.1, 0.15) is 5.82 Å². The van der Waals surface area contributed by atoms with Gasteiger partial charge in [-0.05, 0) is 18.6 Å². The second-order valence-electron chi connectivity index (χ2n) is 5.41. The third-order valence-corrected chi connectivity index (χ3v) is 3.74. The van der Waals surface area contributed by atoms with Gasteiger partial charge in [-0.15, -0.1) is 0 Å². The van der Waals surface area contributed by atoms with Gasteiger partial charge in [-0.1, -0.05) is 13.0 Å². The van der Waals surface area contributed by atoms with Gasteiger partial charge in [0.25, 0.3) is 0 Å². The molecule has 1 aliphatic rings. The average molecular weight is 304 g/mol. The highest BCUT2D eigenvalue weighted by atomic mass is 16.2. The fraction of sp³-hybridized carbons (Fsp3) is 0.562. The summed E-state index contributed by atoms with van der Waals surface area (Å²) in [5.41, 5.74) is 0. The summed E-state index contributed by atoms with van der Waals surface area (Å²) < 4.78 is 0. The van der Waals surface area contributed by atoms with Gasteiger partial charge in [0.2, 0.25) is 11.8 Å². The second-order valence-corrected chi connectivity index (χ2v) is 5.41. The molecule has 22 heavy (non-hydrogen) atoms. The van der Waals surface area contributed by atoms with Crippen LogP contribution < -0.4 is 10.2 Å². The molecule has 0 aromatic carbocycles. The normalized spacial score (nSPS) is 14.8. The van der Waals surface area contributed by atoms with Gasteiger partial charge in [-0.25, -0.2) is 4.98 Å². The fourth-order valence-corrected chi connectivity index (χ4v) is 2.51. The van der Waals surface area contributed by atoms with E-state index in [1.807, 2.05) is 30.0 Å². The van der Waals surface area contributed by atoms with Gasteiger partial charge in [-0.3, -0.25) is 9.59 Å². The van der Waals surface area contributed by atoms with Crippen LogP contribution in [0.1, 0.15) is 26.2 Å². The molecule has 2 amide bonds. The van der Waals surface area contributed by atoms with Crippen LogP contribution >= 0.6 is 0 Å². The van der Waals surface area contributed by atoms with Crippen LogP contribution in [-0.2, 0) is 9.59 Å². The molecule has 0 radical (unpaired) electrons. The van der Waals surface area contributed by atoms with E-state index in [9.17, 15) is 9.59 Å². The molecule has 2 heterocycles. The minimum atomic E-state index is 0.0234. The third-order valence-electron chi connectivity index (χ3n) is 3.74. The second kappa shape index (κ2) is 8.36. The predicted octanol–water partition coefficient (Wildman–Crippen LogP) is 1.04. The standard InChI is InChI=1S/C16H24N4O2/c1-2-5-15(21)18-9-7-16(22)20-12-10-19(11-13-20)14-6-3-4-8-17-14/h3-4,6,8H,2,5,7,9-13H2,1H3,(H,18,21). The molecule has 1 aromatic rings. The van der Waals surface area contributed by atoms with E-state index in [0.29, 0.717) is 32.5 Å². The molecule has 6 nitrogen and oxygen atoms in total. The number of pyridine rings is 1. The van der Waals surface area contributed by atoms with E-state index in [1.165, 1.54) is 0 Å². The molecule has 1 N–H and O–H groups in total. The van der Waals surface area contributed by atoms with E-state index in [0.717, 1.165) is 25.3 Å². The summed E-state index contributed by atoms with van der Waals surface area (Å²) in [5.74, 6) is 1.09. The van der Waals surface area contributed by atoms with Crippen molar-refractivity contribution in [1.82, 2.24) is 15.2 Å². The van der Waals surface area contributed by atoms with E-state index in [2.05, 4.69) is 15.2 Å². The van der Waals surface area contributed by atoms with Gasteiger partial charge >= 0.3 is 0 Å². The Morgan fingerprint density at radius 3 is 2.59 bits per heavy atom. The molecule has 2 rings (SSSR count). The Hall–Kier alpha value is -2.11. The molecular weight excluding hydrogens is 280 g/mol. The number of anilines is 1. The van der Waals surface area contributed by atoms with Crippen LogP contribution in [0.15, 0.2) is 24.4 Å². The number of amides is 2. The Morgan fingerprint density at radius 2 is 1.95 bits per heavy atom. The Balaban J connectivity index is 1.70. The summed E-state index contributed by atoms with van der Waals surface area (Å²) in [6, 6.07) is 5.86. The van der Waals surface area contributed by atoms with Crippen molar-refractivity contribution in [3.05, 3.63) is 24.4 Å². The Bertz CT molecular complexity index is 484. The lowest BCUT2D eigenvalue weighted by Crippen LogP contribution is -2.49. The molecule has 0 bridgehead atoms. The maximum Gasteiger partial charge on any atom is 0.224 e. The highest BCUT2D eigenvalue weighted by Gasteiger charge is 2.21. The lowest BCUT2D eigenvalue weighted by atomic mass is 10.2. The van der Waals surface area contributed by atoms with Crippen LogP contribution in [0.2, 0.25) is 0 Å². The van der Waals surface area contributed by atoms with E-state index in [1.54, 1.807) is 6.20 Å². The number of hydrogen-bond acceptors (Lipinski definition) is 4. The number of rotatable bonds is 6. The number of carbonyl (C=O) groups excluding carboxylic acids is 2. The summed E-state index contributed by atoms with van der Waals surface area (Å²) in [5, 5.41) is 2.78. The molecule has 1 fully saturated rings. The topological polar surface area (TPSA) is 65.5 Å². The first-order chi connectivity index (χ1) is 10.7. The molecule has 0 saturated carbocycles. The van der Waals surface area contributed by atoms with Crippen molar-refractivity contribution >= 4 is 17.6 Å². The molecule has 0 spiro atoms. The van der Waals surface area contributed by atoms with Crippen molar-refractivity contribution in [2.45, 2.75) is 26.2 Å². The third kappa shape index (κ3) is 4.72. The van der Waals surface area contributed by atoms with Gasteiger partial charge in [0, 0.05) is 51.8 Å². The zero-order valence-electron chi connectivity index (χ0n) is 13.1. The monoisotopic (exact) mass is 304 g/mol.